The van der Waals surface area contributed by atoms with Gasteiger partial charge in [0.2, 0.25) is 11.8 Å². The van der Waals surface area contributed by atoms with Crippen LogP contribution in [-0.2, 0) is 14.3 Å². The van der Waals surface area contributed by atoms with Gasteiger partial charge in [0.15, 0.2) is 6.61 Å². The number of hydrogen-bond donors (Lipinski definition) is 1. The first kappa shape index (κ1) is 22.5. The van der Waals surface area contributed by atoms with E-state index in [1.54, 1.807) is 36.4 Å². The number of rotatable bonds is 8. The van der Waals surface area contributed by atoms with E-state index in [0.29, 0.717) is 16.0 Å². The number of amides is 2. The number of benzene rings is 2. The minimum atomic E-state index is -0.655. The number of carbonyl (C=O) groups excluding carboxylic acids is 3. The van der Waals surface area contributed by atoms with Gasteiger partial charge in [-0.15, -0.1) is 16.9 Å². The van der Waals surface area contributed by atoms with Crippen LogP contribution in [0.15, 0.2) is 63.9 Å². The maximum atomic E-state index is 12.6. The molecular weight excluding hydrogens is 444 g/mol. The normalized spacial score (nSPS) is 13.0. The average Bonchev–Trinajstić information content (AvgIpc) is 3.54. The number of anilines is 1. The summed E-state index contributed by atoms with van der Waals surface area (Å²) in [6, 6.07) is 15.9. The van der Waals surface area contributed by atoms with E-state index in [9.17, 15) is 14.4 Å². The van der Waals surface area contributed by atoms with Gasteiger partial charge in [0.05, 0.1) is 11.3 Å². The highest BCUT2D eigenvalue weighted by atomic mass is 32.2. The standard InChI is InChI=1S/C23H22N4O5S/c28-19(24-23-26-25-21(32-23)16-8-2-1-3-9-16)14-31-22(30)17-10-4-5-11-18(17)33-15-20(29)27-12-6-7-13-27/h1-5,8-11H,6-7,12-15H2,(H,24,26,28). The predicted molar refractivity (Wildman–Crippen MR) is 122 cm³/mol. The number of likely N-dealkylation sites (tertiary alicyclic amines) is 1. The molecule has 4 rings (SSSR count). The Labute approximate surface area is 194 Å². The third kappa shape index (κ3) is 5.98. The van der Waals surface area contributed by atoms with E-state index in [-0.39, 0.29) is 23.6 Å². The second-order valence-corrected chi connectivity index (χ2v) is 8.29. The maximum absolute atomic E-state index is 12.6. The van der Waals surface area contributed by atoms with Crippen molar-refractivity contribution in [1.29, 1.82) is 0 Å². The zero-order valence-corrected chi connectivity index (χ0v) is 18.5. The fourth-order valence-corrected chi connectivity index (χ4v) is 4.24. The van der Waals surface area contributed by atoms with Crippen LogP contribution >= 0.6 is 11.8 Å². The van der Waals surface area contributed by atoms with Crippen molar-refractivity contribution in [2.75, 3.05) is 30.8 Å². The summed E-state index contributed by atoms with van der Waals surface area (Å²) < 4.78 is 10.6. The molecule has 33 heavy (non-hydrogen) atoms. The molecule has 2 heterocycles. The molecule has 0 bridgehead atoms. The van der Waals surface area contributed by atoms with Crippen LogP contribution in [0.2, 0.25) is 0 Å². The molecule has 1 aromatic heterocycles. The van der Waals surface area contributed by atoms with Gasteiger partial charge in [0.1, 0.15) is 0 Å². The molecule has 0 atom stereocenters. The van der Waals surface area contributed by atoms with Gasteiger partial charge in [-0.2, -0.15) is 0 Å². The molecule has 2 amide bonds. The van der Waals surface area contributed by atoms with Crippen molar-refractivity contribution >= 4 is 35.6 Å². The monoisotopic (exact) mass is 466 g/mol. The van der Waals surface area contributed by atoms with E-state index in [1.807, 2.05) is 23.1 Å². The van der Waals surface area contributed by atoms with Gasteiger partial charge in [0.25, 0.3) is 5.91 Å². The van der Waals surface area contributed by atoms with E-state index in [2.05, 4.69) is 15.5 Å². The number of nitrogens with one attached hydrogen (secondary N) is 1. The summed E-state index contributed by atoms with van der Waals surface area (Å²) >= 11 is 1.28. The minimum absolute atomic E-state index is 0.0504. The first-order valence-corrected chi connectivity index (χ1v) is 11.4. The Bertz CT molecular complexity index is 1130. The highest BCUT2D eigenvalue weighted by molar-refractivity contribution is 8.00. The summed E-state index contributed by atoms with van der Waals surface area (Å²) in [6.45, 7) is 1.05. The number of nitrogens with zero attached hydrogens (tertiary/aromatic N) is 3. The van der Waals surface area contributed by atoms with Crippen molar-refractivity contribution < 1.29 is 23.5 Å². The van der Waals surface area contributed by atoms with E-state index < -0.39 is 18.5 Å². The fraction of sp³-hybridized carbons (Fsp3) is 0.261. The zero-order valence-electron chi connectivity index (χ0n) is 17.7. The molecule has 0 spiro atoms. The number of carbonyl (C=O) groups is 3. The Kier molecular flexibility index (Phi) is 7.36. The SMILES string of the molecule is O=C(COC(=O)c1ccccc1SCC(=O)N1CCCC1)Nc1nnc(-c2ccccc2)o1. The van der Waals surface area contributed by atoms with Gasteiger partial charge in [-0.1, -0.05) is 35.4 Å². The van der Waals surface area contributed by atoms with Crippen LogP contribution < -0.4 is 5.32 Å². The quantitative estimate of drug-likeness (QED) is 0.397. The highest BCUT2D eigenvalue weighted by Gasteiger charge is 2.20. The van der Waals surface area contributed by atoms with Crippen LogP contribution in [0.25, 0.3) is 11.5 Å². The van der Waals surface area contributed by atoms with E-state index in [4.69, 9.17) is 9.15 Å². The summed E-state index contributed by atoms with van der Waals surface area (Å²) in [7, 11) is 0. The van der Waals surface area contributed by atoms with Crippen molar-refractivity contribution in [1.82, 2.24) is 15.1 Å². The van der Waals surface area contributed by atoms with Crippen molar-refractivity contribution in [2.24, 2.45) is 0 Å². The van der Waals surface area contributed by atoms with Crippen molar-refractivity contribution in [2.45, 2.75) is 17.7 Å². The summed E-state index contributed by atoms with van der Waals surface area (Å²) in [5.41, 5.74) is 1.02. The summed E-state index contributed by atoms with van der Waals surface area (Å²) in [5.74, 6) is -0.712. The lowest BCUT2D eigenvalue weighted by atomic mass is 10.2. The molecular formula is C23H22N4O5S. The second kappa shape index (κ2) is 10.8. The van der Waals surface area contributed by atoms with Crippen molar-refractivity contribution in [3.05, 3.63) is 60.2 Å². The molecule has 3 aromatic rings. The number of esters is 1. The average molecular weight is 467 g/mol. The van der Waals surface area contributed by atoms with Crippen LogP contribution in [0.4, 0.5) is 6.01 Å². The lowest BCUT2D eigenvalue weighted by Gasteiger charge is -2.15. The molecule has 2 aromatic carbocycles. The van der Waals surface area contributed by atoms with Gasteiger partial charge in [-0.3, -0.25) is 14.9 Å². The Balaban J connectivity index is 1.29. The first-order chi connectivity index (χ1) is 16.1. The third-order valence-corrected chi connectivity index (χ3v) is 6.00. The summed E-state index contributed by atoms with van der Waals surface area (Å²) in [4.78, 5) is 39.5. The van der Waals surface area contributed by atoms with Crippen LogP contribution in [0.1, 0.15) is 23.2 Å². The molecule has 0 aliphatic carbocycles. The second-order valence-electron chi connectivity index (χ2n) is 7.28. The van der Waals surface area contributed by atoms with Gasteiger partial charge >= 0.3 is 12.0 Å². The molecule has 1 fully saturated rings. The molecule has 0 unspecified atom stereocenters. The molecule has 1 saturated heterocycles. The number of hydrogen-bond acceptors (Lipinski definition) is 8. The lowest BCUT2D eigenvalue weighted by Crippen LogP contribution is -2.29. The maximum Gasteiger partial charge on any atom is 0.339 e. The fourth-order valence-electron chi connectivity index (χ4n) is 3.29. The molecule has 1 N–H and O–H groups in total. The Hall–Kier alpha value is -3.66. The van der Waals surface area contributed by atoms with Crippen LogP contribution in [0.5, 0.6) is 0 Å². The van der Waals surface area contributed by atoms with Gasteiger partial charge in [-0.25, -0.2) is 4.79 Å². The molecule has 0 saturated carbocycles. The van der Waals surface area contributed by atoms with E-state index in [0.717, 1.165) is 25.9 Å². The predicted octanol–water partition coefficient (Wildman–Crippen LogP) is 3.25. The van der Waals surface area contributed by atoms with E-state index in [1.165, 1.54) is 11.8 Å². The van der Waals surface area contributed by atoms with Crippen LogP contribution in [0, 0.1) is 0 Å². The Morgan fingerprint density at radius 2 is 1.73 bits per heavy atom. The highest BCUT2D eigenvalue weighted by Crippen LogP contribution is 2.24. The van der Waals surface area contributed by atoms with Gasteiger partial charge in [0, 0.05) is 23.5 Å². The summed E-state index contributed by atoms with van der Waals surface area (Å²) in [5, 5.41) is 10.1. The minimum Gasteiger partial charge on any atom is -0.452 e. The van der Waals surface area contributed by atoms with Crippen molar-refractivity contribution in [3.8, 4) is 11.5 Å². The van der Waals surface area contributed by atoms with E-state index >= 15 is 0 Å². The number of aromatic nitrogens is 2. The van der Waals surface area contributed by atoms with Gasteiger partial charge < -0.3 is 14.1 Å². The molecule has 10 heteroatoms. The number of ether oxygens (including phenoxy) is 1. The Morgan fingerprint density at radius 3 is 2.52 bits per heavy atom. The summed E-state index contributed by atoms with van der Waals surface area (Å²) in [6.07, 6.45) is 2.05. The zero-order chi connectivity index (χ0) is 23.0. The van der Waals surface area contributed by atoms with Crippen LogP contribution in [-0.4, -0.2) is 58.3 Å². The molecule has 170 valence electrons. The molecule has 9 nitrogen and oxygen atoms in total. The topological polar surface area (TPSA) is 115 Å². The van der Waals surface area contributed by atoms with Gasteiger partial charge in [-0.05, 0) is 37.1 Å². The number of thioether (sulfide) groups is 1. The van der Waals surface area contributed by atoms with Crippen LogP contribution in [0.3, 0.4) is 0 Å². The van der Waals surface area contributed by atoms with Crippen molar-refractivity contribution in [3.63, 3.8) is 0 Å². The third-order valence-electron chi connectivity index (χ3n) is 4.94. The largest absolute Gasteiger partial charge is 0.452 e. The molecule has 0 radical (unpaired) electrons. The first-order valence-electron chi connectivity index (χ1n) is 10.5. The molecule has 1 aliphatic rings. The molecule has 1 aliphatic heterocycles. The lowest BCUT2D eigenvalue weighted by molar-refractivity contribution is -0.127. The Morgan fingerprint density at radius 1 is 1.00 bits per heavy atom. The smallest absolute Gasteiger partial charge is 0.339 e.